The molecule has 3 rings (SSSR count). The molecule has 0 spiro atoms. The van der Waals surface area contributed by atoms with Crippen molar-refractivity contribution in [2.75, 3.05) is 16.9 Å². The lowest BCUT2D eigenvalue weighted by Crippen LogP contribution is -2.47. The topological polar surface area (TPSA) is 87.7 Å². The SMILES string of the molecule is CC[C@H](C)c1ccccc1NC(=O)COC(=O)C1=CCC(=O)N(c2ccccc2)N1. The summed E-state index contributed by atoms with van der Waals surface area (Å²) >= 11 is 0. The molecular weight excluding hydrogens is 382 g/mol. The Hall–Kier alpha value is -3.61. The van der Waals surface area contributed by atoms with Crippen LogP contribution in [0.5, 0.6) is 0 Å². The Morgan fingerprint density at radius 3 is 2.57 bits per heavy atom. The molecule has 0 aromatic heterocycles. The van der Waals surface area contributed by atoms with Crippen LogP contribution < -0.4 is 15.8 Å². The number of hydrogen-bond donors (Lipinski definition) is 2. The highest BCUT2D eigenvalue weighted by atomic mass is 16.5. The van der Waals surface area contributed by atoms with E-state index >= 15 is 0 Å². The Labute approximate surface area is 175 Å². The Morgan fingerprint density at radius 1 is 1.13 bits per heavy atom. The van der Waals surface area contributed by atoms with Crippen molar-refractivity contribution in [1.82, 2.24) is 5.43 Å². The van der Waals surface area contributed by atoms with Gasteiger partial charge in [-0.1, -0.05) is 50.2 Å². The average Bonchev–Trinajstić information content (AvgIpc) is 2.78. The molecule has 0 aliphatic carbocycles. The van der Waals surface area contributed by atoms with E-state index in [-0.39, 0.29) is 18.0 Å². The van der Waals surface area contributed by atoms with Gasteiger partial charge in [0, 0.05) is 12.1 Å². The standard InChI is InChI=1S/C23H25N3O4/c1-3-16(2)18-11-7-8-12-19(18)24-21(27)15-30-23(29)20-13-14-22(28)26(25-20)17-9-5-4-6-10-17/h4-13,16,25H,3,14-15H2,1-2H3,(H,24,27)/t16-/m0/s1. The minimum absolute atomic E-state index is 0.0564. The fraction of sp³-hybridized carbons (Fsp3) is 0.261. The summed E-state index contributed by atoms with van der Waals surface area (Å²) in [6, 6.07) is 16.5. The number of rotatable bonds is 7. The van der Waals surface area contributed by atoms with Crippen LogP contribution in [0.4, 0.5) is 11.4 Å². The third-order valence-electron chi connectivity index (χ3n) is 4.91. The molecule has 0 unspecified atom stereocenters. The molecule has 0 saturated heterocycles. The highest BCUT2D eigenvalue weighted by Crippen LogP contribution is 2.26. The van der Waals surface area contributed by atoms with Crippen molar-refractivity contribution in [3.8, 4) is 0 Å². The minimum atomic E-state index is -0.700. The molecule has 2 amide bonds. The maximum Gasteiger partial charge on any atom is 0.356 e. The van der Waals surface area contributed by atoms with Gasteiger partial charge < -0.3 is 10.1 Å². The summed E-state index contributed by atoms with van der Waals surface area (Å²) in [6.07, 6.45) is 2.46. The maximum absolute atomic E-state index is 12.4. The molecule has 1 aliphatic rings. The zero-order valence-corrected chi connectivity index (χ0v) is 17.1. The summed E-state index contributed by atoms with van der Waals surface area (Å²) in [5.41, 5.74) is 5.24. The van der Waals surface area contributed by atoms with Crippen LogP contribution in [0, 0.1) is 0 Å². The van der Waals surface area contributed by atoms with Crippen molar-refractivity contribution in [2.45, 2.75) is 32.6 Å². The summed E-state index contributed by atoms with van der Waals surface area (Å²) in [6.45, 7) is 3.75. The lowest BCUT2D eigenvalue weighted by Gasteiger charge is -2.28. The van der Waals surface area contributed by atoms with E-state index < -0.39 is 18.5 Å². The first kappa shape index (κ1) is 21.1. The van der Waals surface area contributed by atoms with Crippen LogP contribution in [0.15, 0.2) is 66.4 Å². The third-order valence-corrected chi connectivity index (χ3v) is 4.91. The fourth-order valence-electron chi connectivity index (χ4n) is 3.08. The molecular formula is C23H25N3O4. The second kappa shape index (κ2) is 9.73. The first-order valence-electron chi connectivity index (χ1n) is 9.90. The summed E-state index contributed by atoms with van der Waals surface area (Å²) in [7, 11) is 0. The highest BCUT2D eigenvalue weighted by Gasteiger charge is 2.25. The van der Waals surface area contributed by atoms with Gasteiger partial charge in [-0.25, -0.2) is 9.80 Å². The van der Waals surface area contributed by atoms with Crippen LogP contribution in [0.3, 0.4) is 0 Å². The number of carbonyl (C=O) groups is 3. The van der Waals surface area contributed by atoms with Gasteiger partial charge in [-0.15, -0.1) is 0 Å². The summed E-state index contributed by atoms with van der Waals surface area (Å²) in [4.78, 5) is 36.8. The van der Waals surface area contributed by atoms with Crippen molar-refractivity contribution in [2.24, 2.45) is 0 Å². The van der Waals surface area contributed by atoms with Crippen molar-refractivity contribution in [3.63, 3.8) is 0 Å². The predicted molar refractivity (Wildman–Crippen MR) is 115 cm³/mol. The molecule has 1 aliphatic heterocycles. The number of hydrogen-bond acceptors (Lipinski definition) is 5. The van der Waals surface area contributed by atoms with Crippen LogP contribution in [0.1, 0.15) is 38.2 Å². The van der Waals surface area contributed by atoms with Crippen molar-refractivity contribution >= 4 is 29.2 Å². The van der Waals surface area contributed by atoms with E-state index in [1.807, 2.05) is 30.3 Å². The number of nitrogens with one attached hydrogen (secondary N) is 2. The number of anilines is 2. The van der Waals surface area contributed by atoms with Gasteiger partial charge in [0.1, 0.15) is 5.70 Å². The summed E-state index contributed by atoms with van der Waals surface area (Å²) < 4.78 is 5.14. The van der Waals surface area contributed by atoms with Crippen molar-refractivity contribution in [3.05, 3.63) is 71.9 Å². The molecule has 0 radical (unpaired) electrons. The number of esters is 1. The normalized spacial score (nSPS) is 14.4. The Kier molecular flexibility index (Phi) is 6.85. The lowest BCUT2D eigenvalue weighted by atomic mass is 9.97. The second-order valence-electron chi connectivity index (χ2n) is 7.02. The first-order valence-corrected chi connectivity index (χ1v) is 9.90. The van der Waals surface area contributed by atoms with E-state index in [9.17, 15) is 14.4 Å². The van der Waals surface area contributed by atoms with Crippen molar-refractivity contribution in [1.29, 1.82) is 0 Å². The largest absolute Gasteiger partial charge is 0.451 e. The smallest absolute Gasteiger partial charge is 0.356 e. The maximum atomic E-state index is 12.4. The van der Waals surface area contributed by atoms with Crippen LogP contribution in [0.25, 0.3) is 0 Å². The van der Waals surface area contributed by atoms with Gasteiger partial charge >= 0.3 is 5.97 Å². The number of hydrazine groups is 1. The molecule has 1 heterocycles. The van der Waals surface area contributed by atoms with Gasteiger partial charge in [-0.05, 0) is 42.2 Å². The molecule has 30 heavy (non-hydrogen) atoms. The van der Waals surface area contributed by atoms with Gasteiger partial charge in [-0.2, -0.15) is 0 Å². The first-order chi connectivity index (χ1) is 14.5. The van der Waals surface area contributed by atoms with Gasteiger partial charge in [0.2, 0.25) is 5.91 Å². The Morgan fingerprint density at radius 2 is 1.83 bits per heavy atom. The average molecular weight is 407 g/mol. The predicted octanol–water partition coefficient (Wildman–Crippen LogP) is 3.51. The third kappa shape index (κ3) is 5.05. The number of amides is 2. The fourth-order valence-corrected chi connectivity index (χ4v) is 3.08. The molecule has 156 valence electrons. The molecule has 2 aromatic carbocycles. The number of para-hydroxylation sites is 2. The number of carbonyl (C=O) groups excluding carboxylic acids is 3. The Balaban J connectivity index is 1.58. The zero-order valence-electron chi connectivity index (χ0n) is 17.1. The summed E-state index contributed by atoms with van der Waals surface area (Å²) in [5, 5.41) is 4.10. The van der Waals surface area contributed by atoms with Gasteiger partial charge in [0.05, 0.1) is 5.69 Å². The van der Waals surface area contributed by atoms with E-state index in [1.54, 1.807) is 24.3 Å². The number of nitrogens with zero attached hydrogens (tertiary/aromatic N) is 1. The zero-order chi connectivity index (χ0) is 21.5. The molecule has 2 aromatic rings. The molecule has 0 bridgehead atoms. The molecule has 2 N–H and O–H groups in total. The molecule has 1 atom stereocenters. The van der Waals surface area contributed by atoms with Gasteiger partial charge in [0.15, 0.2) is 6.61 Å². The van der Waals surface area contributed by atoms with Gasteiger partial charge in [-0.3, -0.25) is 15.0 Å². The van der Waals surface area contributed by atoms with E-state index in [1.165, 1.54) is 11.1 Å². The molecule has 0 saturated carbocycles. The van der Waals surface area contributed by atoms with Gasteiger partial charge in [0.25, 0.3) is 5.91 Å². The van der Waals surface area contributed by atoms with Crippen LogP contribution >= 0.6 is 0 Å². The van der Waals surface area contributed by atoms with Crippen molar-refractivity contribution < 1.29 is 19.1 Å². The van der Waals surface area contributed by atoms with E-state index in [4.69, 9.17) is 4.74 Å². The highest BCUT2D eigenvalue weighted by molar-refractivity contribution is 6.00. The van der Waals surface area contributed by atoms with E-state index in [2.05, 4.69) is 24.6 Å². The van der Waals surface area contributed by atoms with Crippen LogP contribution in [-0.4, -0.2) is 24.4 Å². The van der Waals surface area contributed by atoms with E-state index in [0.29, 0.717) is 17.3 Å². The van der Waals surface area contributed by atoms with Crippen LogP contribution in [0.2, 0.25) is 0 Å². The lowest BCUT2D eigenvalue weighted by molar-refractivity contribution is -0.143. The number of ether oxygens (including phenoxy) is 1. The van der Waals surface area contributed by atoms with Crippen LogP contribution in [-0.2, 0) is 19.1 Å². The Bertz CT molecular complexity index is 956. The molecule has 7 nitrogen and oxygen atoms in total. The summed E-state index contributed by atoms with van der Waals surface area (Å²) in [5.74, 6) is -1.03. The molecule has 0 fully saturated rings. The second-order valence-corrected chi connectivity index (χ2v) is 7.02. The quantitative estimate of drug-likeness (QED) is 0.686. The minimum Gasteiger partial charge on any atom is -0.451 e. The number of benzene rings is 2. The molecule has 7 heteroatoms. The monoisotopic (exact) mass is 407 g/mol. The van der Waals surface area contributed by atoms with E-state index in [0.717, 1.165) is 12.0 Å².